The zero-order chi connectivity index (χ0) is 15.7. The Morgan fingerprint density at radius 2 is 1.57 bits per heavy atom. The van der Waals surface area contributed by atoms with Gasteiger partial charge in [0.1, 0.15) is 0 Å². The molecule has 0 aliphatic heterocycles. The molecule has 0 saturated heterocycles. The first-order valence-corrected chi connectivity index (χ1v) is 8.06. The summed E-state index contributed by atoms with van der Waals surface area (Å²) >= 11 is 0. The lowest BCUT2D eigenvalue weighted by atomic mass is 9.78. The van der Waals surface area contributed by atoms with E-state index in [9.17, 15) is 14.7 Å². The molecule has 1 aliphatic carbocycles. The summed E-state index contributed by atoms with van der Waals surface area (Å²) in [5, 5.41) is 9.70. The number of aliphatic hydroxyl groups excluding tert-OH is 1. The predicted molar refractivity (Wildman–Crippen MR) is 78.6 cm³/mol. The largest absolute Gasteiger partial charge is 0.465 e. The lowest BCUT2D eigenvalue weighted by Gasteiger charge is -2.30. The average Bonchev–Trinajstić information content (AvgIpc) is 2.50. The van der Waals surface area contributed by atoms with E-state index in [-0.39, 0.29) is 13.2 Å². The second-order valence-corrected chi connectivity index (χ2v) is 5.72. The fraction of sp³-hybridized carbons (Fsp3) is 0.875. The number of hydrogen-bond donors (Lipinski definition) is 1. The summed E-state index contributed by atoms with van der Waals surface area (Å²) in [5.74, 6) is -0.808. The molecule has 21 heavy (non-hydrogen) atoms. The summed E-state index contributed by atoms with van der Waals surface area (Å²) in [7, 11) is 0. The molecule has 0 bridgehead atoms. The monoisotopic (exact) mass is 300 g/mol. The van der Waals surface area contributed by atoms with Crippen molar-refractivity contribution in [3.8, 4) is 0 Å². The minimum atomic E-state index is -1.55. The molecule has 0 radical (unpaired) electrons. The summed E-state index contributed by atoms with van der Waals surface area (Å²) in [6, 6.07) is 0. The van der Waals surface area contributed by atoms with Gasteiger partial charge in [-0.3, -0.25) is 9.59 Å². The Bertz CT molecular complexity index is 316. The number of ether oxygens (including phenoxy) is 2. The van der Waals surface area contributed by atoms with Gasteiger partial charge in [0.2, 0.25) is 0 Å². The minimum absolute atomic E-state index is 0.184. The molecule has 1 fully saturated rings. The van der Waals surface area contributed by atoms with Crippen molar-refractivity contribution in [1.82, 2.24) is 0 Å². The standard InChI is InChI=1S/C16H28O5/c1-3-20-14(18)16(12-17,15(19)21-4-2)11-10-13-8-6-5-7-9-13/h13,17H,3-12H2,1-2H3. The van der Waals surface area contributed by atoms with Crippen LogP contribution >= 0.6 is 0 Å². The van der Waals surface area contributed by atoms with E-state index in [4.69, 9.17) is 9.47 Å². The summed E-state index contributed by atoms with van der Waals surface area (Å²) in [4.78, 5) is 24.4. The molecule has 1 aliphatic rings. The summed E-state index contributed by atoms with van der Waals surface area (Å²) < 4.78 is 10.0. The molecule has 0 heterocycles. The van der Waals surface area contributed by atoms with Crippen molar-refractivity contribution in [2.45, 2.75) is 58.8 Å². The highest BCUT2D eigenvalue weighted by molar-refractivity contribution is 6.00. The van der Waals surface area contributed by atoms with Crippen molar-refractivity contribution in [2.24, 2.45) is 11.3 Å². The molecule has 0 aromatic carbocycles. The fourth-order valence-electron chi connectivity index (χ4n) is 2.96. The van der Waals surface area contributed by atoms with E-state index in [0.29, 0.717) is 12.3 Å². The Labute approximate surface area is 127 Å². The van der Waals surface area contributed by atoms with Gasteiger partial charge < -0.3 is 14.6 Å². The molecule has 0 aromatic heterocycles. The maximum atomic E-state index is 12.2. The van der Waals surface area contributed by atoms with Crippen molar-refractivity contribution >= 4 is 11.9 Å². The van der Waals surface area contributed by atoms with Gasteiger partial charge in [0.25, 0.3) is 0 Å². The molecule has 1 rings (SSSR count). The molecule has 5 nitrogen and oxygen atoms in total. The molecule has 5 heteroatoms. The number of carbonyl (C=O) groups is 2. The van der Waals surface area contributed by atoms with Crippen LogP contribution in [0.2, 0.25) is 0 Å². The van der Waals surface area contributed by atoms with Crippen LogP contribution in [0.5, 0.6) is 0 Å². The highest BCUT2D eigenvalue weighted by atomic mass is 16.6. The van der Waals surface area contributed by atoms with Gasteiger partial charge in [0.05, 0.1) is 19.8 Å². The van der Waals surface area contributed by atoms with Crippen molar-refractivity contribution in [1.29, 1.82) is 0 Å². The summed E-state index contributed by atoms with van der Waals surface area (Å²) in [6.45, 7) is 3.18. The molecule has 0 unspecified atom stereocenters. The van der Waals surface area contributed by atoms with Crippen molar-refractivity contribution in [3.63, 3.8) is 0 Å². The van der Waals surface area contributed by atoms with E-state index in [0.717, 1.165) is 19.3 Å². The van der Waals surface area contributed by atoms with Gasteiger partial charge in [-0.15, -0.1) is 0 Å². The van der Waals surface area contributed by atoms with E-state index in [2.05, 4.69) is 0 Å². The van der Waals surface area contributed by atoms with Gasteiger partial charge in [-0.25, -0.2) is 0 Å². The lowest BCUT2D eigenvalue weighted by Crippen LogP contribution is -2.45. The third-order valence-electron chi connectivity index (χ3n) is 4.31. The number of aliphatic hydroxyl groups is 1. The van der Waals surface area contributed by atoms with Gasteiger partial charge in [0.15, 0.2) is 5.41 Å². The molecule has 122 valence electrons. The smallest absolute Gasteiger partial charge is 0.325 e. The third-order valence-corrected chi connectivity index (χ3v) is 4.31. The zero-order valence-electron chi connectivity index (χ0n) is 13.2. The van der Waals surface area contributed by atoms with Gasteiger partial charge in [0, 0.05) is 0 Å². The quantitative estimate of drug-likeness (QED) is 0.550. The molecule has 0 aromatic rings. The predicted octanol–water partition coefficient (Wildman–Crippen LogP) is 2.45. The molecule has 0 spiro atoms. The van der Waals surface area contributed by atoms with Crippen molar-refractivity contribution in [3.05, 3.63) is 0 Å². The second kappa shape index (κ2) is 9.03. The number of carbonyl (C=O) groups excluding carboxylic acids is 2. The van der Waals surface area contributed by atoms with Gasteiger partial charge in [-0.2, -0.15) is 0 Å². The van der Waals surface area contributed by atoms with E-state index in [1.807, 2.05) is 0 Å². The molecular weight excluding hydrogens is 272 g/mol. The Balaban J connectivity index is 2.77. The van der Waals surface area contributed by atoms with Gasteiger partial charge in [-0.05, 0) is 32.6 Å². The van der Waals surface area contributed by atoms with Crippen LogP contribution in [0.25, 0.3) is 0 Å². The van der Waals surface area contributed by atoms with E-state index in [1.54, 1.807) is 13.8 Å². The Kier molecular flexibility index (Phi) is 7.72. The highest BCUT2D eigenvalue weighted by Crippen LogP contribution is 2.34. The lowest BCUT2D eigenvalue weighted by molar-refractivity contribution is -0.176. The van der Waals surface area contributed by atoms with Crippen molar-refractivity contribution in [2.75, 3.05) is 19.8 Å². The molecule has 1 N–H and O–H groups in total. The minimum Gasteiger partial charge on any atom is -0.465 e. The maximum Gasteiger partial charge on any atom is 0.325 e. The van der Waals surface area contributed by atoms with Crippen LogP contribution in [0.3, 0.4) is 0 Å². The SMILES string of the molecule is CCOC(=O)C(CO)(CCC1CCCCC1)C(=O)OCC. The van der Waals surface area contributed by atoms with Gasteiger partial charge >= 0.3 is 11.9 Å². The number of esters is 2. The van der Waals surface area contributed by atoms with Crippen LogP contribution in [-0.2, 0) is 19.1 Å². The summed E-state index contributed by atoms with van der Waals surface area (Å²) in [5.41, 5.74) is -1.55. The van der Waals surface area contributed by atoms with Crippen LogP contribution in [-0.4, -0.2) is 36.9 Å². The highest BCUT2D eigenvalue weighted by Gasteiger charge is 2.48. The number of hydrogen-bond acceptors (Lipinski definition) is 5. The first kappa shape index (κ1) is 18.0. The van der Waals surface area contributed by atoms with E-state index < -0.39 is 24.0 Å². The van der Waals surface area contributed by atoms with Crippen LogP contribution in [0.4, 0.5) is 0 Å². The first-order chi connectivity index (χ1) is 10.1. The maximum absolute atomic E-state index is 12.2. The van der Waals surface area contributed by atoms with Gasteiger partial charge in [-0.1, -0.05) is 32.1 Å². The third kappa shape index (κ3) is 4.70. The van der Waals surface area contributed by atoms with Crippen LogP contribution in [0, 0.1) is 11.3 Å². The fourth-order valence-corrected chi connectivity index (χ4v) is 2.96. The Hall–Kier alpha value is -1.10. The molecule has 0 atom stereocenters. The summed E-state index contributed by atoms with van der Waals surface area (Å²) in [6.07, 6.45) is 6.98. The topological polar surface area (TPSA) is 72.8 Å². The van der Waals surface area contributed by atoms with Crippen molar-refractivity contribution < 1.29 is 24.2 Å². The number of rotatable bonds is 8. The average molecular weight is 300 g/mol. The van der Waals surface area contributed by atoms with Crippen LogP contribution in [0.1, 0.15) is 58.8 Å². The van der Waals surface area contributed by atoms with E-state index >= 15 is 0 Å². The molecular formula is C16H28O5. The first-order valence-electron chi connectivity index (χ1n) is 8.06. The molecule has 1 saturated carbocycles. The zero-order valence-corrected chi connectivity index (χ0v) is 13.2. The molecule has 0 amide bonds. The van der Waals surface area contributed by atoms with Crippen LogP contribution in [0.15, 0.2) is 0 Å². The van der Waals surface area contributed by atoms with Crippen LogP contribution < -0.4 is 0 Å². The normalized spacial score (nSPS) is 16.5. The Morgan fingerprint density at radius 3 is 2.00 bits per heavy atom. The Morgan fingerprint density at radius 1 is 1.05 bits per heavy atom. The second-order valence-electron chi connectivity index (χ2n) is 5.72. The van der Waals surface area contributed by atoms with E-state index in [1.165, 1.54) is 19.3 Å².